The number of nitrogens with one attached hydrogen (secondary N) is 1. The highest BCUT2D eigenvalue weighted by Crippen LogP contribution is 2.32. The number of amides is 1. The van der Waals surface area contributed by atoms with Crippen LogP contribution in [0.4, 0.5) is 4.39 Å². The predicted molar refractivity (Wildman–Crippen MR) is 78.1 cm³/mol. The Morgan fingerprint density at radius 2 is 2.11 bits per heavy atom. The zero-order valence-corrected chi connectivity index (χ0v) is 12.7. The number of carbonyl (C=O) groups is 1. The molecule has 1 amide bonds. The van der Waals surface area contributed by atoms with Crippen LogP contribution in [-0.2, 0) is 0 Å². The molecule has 1 aliphatic carbocycles. The summed E-state index contributed by atoms with van der Waals surface area (Å²) in [4.78, 5) is 12.0. The number of alkyl halides is 1. The van der Waals surface area contributed by atoms with Gasteiger partial charge < -0.3 is 5.32 Å². The van der Waals surface area contributed by atoms with Crippen LogP contribution in [0.2, 0.25) is 0 Å². The Hall–Kier alpha value is -0.900. The Kier molecular flexibility index (Phi) is 4.97. The lowest BCUT2D eigenvalue weighted by Crippen LogP contribution is -2.31. The van der Waals surface area contributed by atoms with Gasteiger partial charge in [-0.2, -0.15) is 0 Å². The highest BCUT2D eigenvalue weighted by atomic mass is 79.9. The van der Waals surface area contributed by atoms with Crippen LogP contribution in [0.3, 0.4) is 0 Å². The summed E-state index contributed by atoms with van der Waals surface area (Å²) in [5.74, 6) is 0.653. The van der Waals surface area contributed by atoms with Gasteiger partial charge in [0, 0.05) is 17.4 Å². The molecule has 2 atom stereocenters. The second-order valence-corrected chi connectivity index (χ2v) is 5.98. The molecule has 0 aliphatic heterocycles. The molecule has 0 saturated heterocycles. The normalized spacial score (nSPS) is 22.5. The molecule has 0 heterocycles. The zero-order chi connectivity index (χ0) is 13.8. The van der Waals surface area contributed by atoms with Crippen LogP contribution in [0.5, 0.6) is 0 Å². The molecule has 1 fully saturated rings. The number of halogens is 2. The van der Waals surface area contributed by atoms with Gasteiger partial charge >= 0.3 is 0 Å². The zero-order valence-electron chi connectivity index (χ0n) is 11.1. The number of hydrogen-bond donors (Lipinski definition) is 1. The summed E-state index contributed by atoms with van der Waals surface area (Å²) in [7, 11) is 0. The first kappa shape index (κ1) is 14.5. The maximum absolute atomic E-state index is 13.3. The third-order valence-electron chi connectivity index (χ3n) is 3.84. The highest BCUT2D eigenvalue weighted by molar-refractivity contribution is 9.09. The minimum atomic E-state index is -0.357. The quantitative estimate of drug-likeness (QED) is 0.840. The molecule has 0 aromatic heterocycles. The number of rotatable bonds is 4. The van der Waals surface area contributed by atoms with Gasteiger partial charge in [-0.1, -0.05) is 22.4 Å². The Morgan fingerprint density at radius 3 is 2.79 bits per heavy atom. The van der Waals surface area contributed by atoms with E-state index in [4.69, 9.17) is 0 Å². The summed E-state index contributed by atoms with van der Waals surface area (Å²) < 4.78 is 13.3. The number of hydrogen-bond acceptors (Lipinski definition) is 1. The fourth-order valence-electron chi connectivity index (χ4n) is 2.78. The van der Waals surface area contributed by atoms with Crippen molar-refractivity contribution in [2.24, 2.45) is 11.8 Å². The van der Waals surface area contributed by atoms with Crippen molar-refractivity contribution >= 4 is 21.8 Å². The fraction of sp³-hybridized carbons (Fsp3) is 0.533. The molecule has 19 heavy (non-hydrogen) atoms. The van der Waals surface area contributed by atoms with E-state index in [1.165, 1.54) is 31.4 Å². The fourth-order valence-corrected chi connectivity index (χ4v) is 3.63. The Morgan fingerprint density at radius 1 is 1.37 bits per heavy atom. The molecular formula is C15H19BrFNO. The van der Waals surface area contributed by atoms with Crippen LogP contribution in [-0.4, -0.2) is 17.8 Å². The van der Waals surface area contributed by atoms with Crippen molar-refractivity contribution in [3.05, 3.63) is 35.1 Å². The summed E-state index contributed by atoms with van der Waals surface area (Å²) >= 11 is 3.53. The van der Waals surface area contributed by atoms with E-state index in [1.54, 1.807) is 13.0 Å². The van der Waals surface area contributed by atoms with E-state index >= 15 is 0 Å². The van der Waals surface area contributed by atoms with Gasteiger partial charge in [-0.25, -0.2) is 4.39 Å². The van der Waals surface area contributed by atoms with Crippen LogP contribution in [0.25, 0.3) is 0 Å². The largest absolute Gasteiger partial charge is 0.352 e. The molecule has 2 rings (SSSR count). The van der Waals surface area contributed by atoms with Crippen LogP contribution in [0.1, 0.15) is 35.2 Å². The molecule has 4 heteroatoms. The molecular weight excluding hydrogens is 309 g/mol. The van der Waals surface area contributed by atoms with Crippen LogP contribution in [0, 0.1) is 24.6 Å². The average Bonchev–Trinajstić information content (AvgIpc) is 2.82. The smallest absolute Gasteiger partial charge is 0.251 e. The standard InChI is InChI=1S/C15H19BrFNO/c1-10-5-13(7-14(17)6-10)15(19)18-9-12-4-2-3-11(12)8-16/h5-7,11-12H,2-4,8-9H2,1H3,(H,18,19). The van der Waals surface area contributed by atoms with Crippen molar-refractivity contribution in [3.8, 4) is 0 Å². The van der Waals surface area contributed by atoms with Crippen molar-refractivity contribution < 1.29 is 9.18 Å². The Labute approximate surface area is 121 Å². The first-order valence-electron chi connectivity index (χ1n) is 6.71. The minimum Gasteiger partial charge on any atom is -0.352 e. The van der Waals surface area contributed by atoms with Crippen molar-refractivity contribution in [1.82, 2.24) is 5.32 Å². The second-order valence-electron chi connectivity index (χ2n) is 5.33. The van der Waals surface area contributed by atoms with Gasteiger partial charge in [-0.15, -0.1) is 0 Å². The lowest BCUT2D eigenvalue weighted by molar-refractivity contribution is 0.0944. The minimum absolute atomic E-state index is 0.178. The summed E-state index contributed by atoms with van der Waals surface area (Å²) in [6.45, 7) is 2.47. The third kappa shape index (κ3) is 3.78. The first-order valence-corrected chi connectivity index (χ1v) is 7.83. The molecule has 1 aromatic rings. The molecule has 1 saturated carbocycles. The Balaban J connectivity index is 1.94. The van der Waals surface area contributed by atoms with Gasteiger partial charge in [0.15, 0.2) is 0 Å². The van der Waals surface area contributed by atoms with E-state index in [1.807, 2.05) is 0 Å². The van der Waals surface area contributed by atoms with E-state index < -0.39 is 0 Å². The maximum Gasteiger partial charge on any atom is 0.251 e. The highest BCUT2D eigenvalue weighted by Gasteiger charge is 2.26. The molecule has 1 N–H and O–H groups in total. The van der Waals surface area contributed by atoms with Gasteiger partial charge in [-0.3, -0.25) is 4.79 Å². The van der Waals surface area contributed by atoms with Crippen molar-refractivity contribution in [2.75, 3.05) is 11.9 Å². The summed E-state index contributed by atoms with van der Waals surface area (Å²) in [6.07, 6.45) is 3.62. The van der Waals surface area contributed by atoms with E-state index in [0.717, 1.165) is 10.9 Å². The molecule has 2 nitrogen and oxygen atoms in total. The lowest BCUT2D eigenvalue weighted by Gasteiger charge is -2.17. The summed E-state index contributed by atoms with van der Waals surface area (Å²) in [5, 5.41) is 3.93. The van der Waals surface area contributed by atoms with E-state index in [2.05, 4.69) is 21.2 Å². The Bertz CT molecular complexity index is 443. The van der Waals surface area contributed by atoms with Crippen molar-refractivity contribution in [3.63, 3.8) is 0 Å². The topological polar surface area (TPSA) is 29.1 Å². The molecule has 1 aromatic carbocycles. The first-order chi connectivity index (χ1) is 9.10. The summed E-state index contributed by atoms with van der Waals surface area (Å²) in [5.41, 5.74) is 1.18. The van der Waals surface area contributed by atoms with Crippen molar-refractivity contribution in [2.45, 2.75) is 26.2 Å². The average molecular weight is 328 g/mol. The lowest BCUT2D eigenvalue weighted by atomic mass is 9.98. The number of benzene rings is 1. The molecule has 1 aliphatic rings. The number of carbonyl (C=O) groups excluding carboxylic acids is 1. The monoisotopic (exact) mass is 327 g/mol. The van der Waals surface area contributed by atoms with E-state index in [-0.39, 0.29) is 11.7 Å². The molecule has 0 bridgehead atoms. The predicted octanol–water partition coefficient (Wildman–Crippen LogP) is 3.68. The SMILES string of the molecule is Cc1cc(F)cc(C(=O)NCC2CCCC2CBr)c1. The van der Waals surface area contributed by atoms with E-state index in [0.29, 0.717) is 23.9 Å². The second kappa shape index (κ2) is 6.51. The third-order valence-corrected chi connectivity index (χ3v) is 4.68. The van der Waals surface area contributed by atoms with Gasteiger partial charge in [-0.05, 0) is 55.4 Å². The van der Waals surface area contributed by atoms with Gasteiger partial charge in [0.25, 0.3) is 5.91 Å². The van der Waals surface area contributed by atoms with Gasteiger partial charge in [0.05, 0.1) is 0 Å². The van der Waals surface area contributed by atoms with Crippen LogP contribution < -0.4 is 5.32 Å². The molecule has 104 valence electrons. The van der Waals surface area contributed by atoms with Crippen LogP contribution in [0.15, 0.2) is 18.2 Å². The van der Waals surface area contributed by atoms with Crippen LogP contribution >= 0.6 is 15.9 Å². The number of aryl methyl sites for hydroxylation is 1. The van der Waals surface area contributed by atoms with Crippen molar-refractivity contribution in [1.29, 1.82) is 0 Å². The van der Waals surface area contributed by atoms with Gasteiger partial charge in [0.2, 0.25) is 0 Å². The summed E-state index contributed by atoms with van der Waals surface area (Å²) in [6, 6.07) is 4.43. The van der Waals surface area contributed by atoms with E-state index in [9.17, 15) is 9.18 Å². The molecule has 0 radical (unpaired) electrons. The maximum atomic E-state index is 13.3. The molecule has 2 unspecified atom stereocenters. The molecule has 0 spiro atoms. The van der Waals surface area contributed by atoms with Gasteiger partial charge in [0.1, 0.15) is 5.82 Å².